The number of furan rings is 1. The third-order valence-electron chi connectivity index (χ3n) is 6.39. The Balaban J connectivity index is 1.63. The van der Waals surface area contributed by atoms with Gasteiger partial charge in [0.1, 0.15) is 11.9 Å². The Labute approximate surface area is 209 Å². The Bertz CT molecular complexity index is 1170. The molecule has 188 valence electrons. The zero-order valence-electron chi connectivity index (χ0n) is 20.2. The fraction of sp³-hybridized carbons (Fsp3) is 0.321. The second-order valence-electron chi connectivity index (χ2n) is 9.11. The van der Waals surface area contributed by atoms with Crippen molar-refractivity contribution in [3.8, 4) is 0 Å². The van der Waals surface area contributed by atoms with E-state index in [1.165, 1.54) is 29.4 Å². The van der Waals surface area contributed by atoms with Crippen LogP contribution < -0.4 is 10.6 Å². The Hall–Kier alpha value is -3.94. The SMILES string of the molecule is Cc1ccc([C@@H](C(=O)NC2CCCC2)N(Cc2ccc(F)cc2)C(=O)CNC(=O)c2ccco2)cc1. The molecule has 0 bridgehead atoms. The van der Waals surface area contributed by atoms with Crippen molar-refractivity contribution >= 4 is 17.7 Å². The van der Waals surface area contributed by atoms with Crippen LogP contribution >= 0.6 is 0 Å². The highest BCUT2D eigenvalue weighted by molar-refractivity contribution is 5.95. The molecule has 0 aliphatic heterocycles. The first-order valence-corrected chi connectivity index (χ1v) is 12.1. The molecule has 3 amide bonds. The van der Waals surface area contributed by atoms with E-state index in [1.54, 1.807) is 18.2 Å². The van der Waals surface area contributed by atoms with Crippen LogP contribution in [0.3, 0.4) is 0 Å². The molecule has 0 saturated heterocycles. The van der Waals surface area contributed by atoms with Crippen LogP contribution in [0, 0.1) is 12.7 Å². The quantitative estimate of drug-likeness (QED) is 0.467. The van der Waals surface area contributed by atoms with E-state index >= 15 is 0 Å². The maximum atomic E-state index is 13.6. The van der Waals surface area contributed by atoms with Gasteiger partial charge < -0.3 is 20.0 Å². The van der Waals surface area contributed by atoms with E-state index in [1.807, 2.05) is 31.2 Å². The average molecular weight is 492 g/mol. The smallest absolute Gasteiger partial charge is 0.287 e. The van der Waals surface area contributed by atoms with Crippen LogP contribution in [0.1, 0.15) is 59.0 Å². The lowest BCUT2D eigenvalue weighted by Crippen LogP contribution is -2.48. The van der Waals surface area contributed by atoms with E-state index < -0.39 is 23.7 Å². The van der Waals surface area contributed by atoms with Crippen molar-refractivity contribution in [2.45, 2.75) is 51.2 Å². The van der Waals surface area contributed by atoms with Crippen molar-refractivity contribution in [3.05, 3.63) is 95.2 Å². The van der Waals surface area contributed by atoms with Crippen LogP contribution in [0.15, 0.2) is 71.3 Å². The molecule has 1 aliphatic rings. The van der Waals surface area contributed by atoms with Gasteiger partial charge in [-0.3, -0.25) is 14.4 Å². The summed E-state index contributed by atoms with van der Waals surface area (Å²) >= 11 is 0. The first-order valence-electron chi connectivity index (χ1n) is 12.1. The highest BCUT2D eigenvalue weighted by Crippen LogP contribution is 2.26. The average Bonchev–Trinajstić information content (AvgIpc) is 3.59. The maximum Gasteiger partial charge on any atom is 0.287 e. The summed E-state index contributed by atoms with van der Waals surface area (Å²) in [7, 11) is 0. The zero-order chi connectivity index (χ0) is 25.5. The van der Waals surface area contributed by atoms with E-state index in [2.05, 4.69) is 10.6 Å². The number of nitrogens with one attached hydrogen (secondary N) is 2. The van der Waals surface area contributed by atoms with Gasteiger partial charge in [-0.25, -0.2) is 4.39 Å². The van der Waals surface area contributed by atoms with Crippen LogP contribution in [-0.4, -0.2) is 35.2 Å². The molecule has 1 fully saturated rings. The van der Waals surface area contributed by atoms with Gasteiger partial charge in [0.2, 0.25) is 11.8 Å². The summed E-state index contributed by atoms with van der Waals surface area (Å²) in [5.74, 6) is -1.57. The summed E-state index contributed by atoms with van der Waals surface area (Å²) in [4.78, 5) is 41.0. The molecule has 1 heterocycles. The number of carbonyl (C=O) groups is 3. The highest BCUT2D eigenvalue weighted by atomic mass is 19.1. The van der Waals surface area contributed by atoms with Gasteiger partial charge in [0.25, 0.3) is 5.91 Å². The van der Waals surface area contributed by atoms with Crippen LogP contribution in [0.4, 0.5) is 4.39 Å². The van der Waals surface area contributed by atoms with Gasteiger partial charge >= 0.3 is 0 Å². The molecule has 0 spiro atoms. The summed E-state index contributed by atoms with van der Waals surface area (Å²) in [5, 5.41) is 5.69. The Kier molecular flexibility index (Phi) is 8.15. The zero-order valence-corrected chi connectivity index (χ0v) is 20.2. The number of hydrogen-bond donors (Lipinski definition) is 2. The molecular weight excluding hydrogens is 461 g/mol. The summed E-state index contributed by atoms with van der Waals surface area (Å²) in [6, 6.07) is 15.5. The first kappa shape index (κ1) is 25.2. The number of carbonyl (C=O) groups excluding carboxylic acids is 3. The molecular formula is C28H30FN3O4. The third-order valence-corrected chi connectivity index (χ3v) is 6.39. The minimum absolute atomic E-state index is 0.0619. The standard InChI is InChI=1S/C28H30FN3O4/c1-19-8-12-21(13-9-19)26(28(35)31-23-5-2-3-6-23)32(18-20-10-14-22(29)15-11-20)25(33)17-30-27(34)24-7-4-16-36-24/h4,7-16,23,26H,2-3,5-6,17-18H2,1H3,(H,30,34)(H,31,35)/t26-/m0/s1. The fourth-order valence-corrected chi connectivity index (χ4v) is 4.43. The monoisotopic (exact) mass is 491 g/mol. The summed E-state index contributed by atoms with van der Waals surface area (Å²) in [6.45, 7) is 1.68. The highest BCUT2D eigenvalue weighted by Gasteiger charge is 2.33. The molecule has 2 N–H and O–H groups in total. The van der Waals surface area contributed by atoms with Crippen LogP contribution in [0.5, 0.6) is 0 Å². The number of halogens is 1. The number of aryl methyl sites for hydroxylation is 1. The lowest BCUT2D eigenvalue weighted by atomic mass is 10.0. The van der Waals surface area contributed by atoms with Gasteiger partial charge in [0.15, 0.2) is 5.76 Å². The van der Waals surface area contributed by atoms with Crippen molar-refractivity contribution in [1.29, 1.82) is 0 Å². The van der Waals surface area contributed by atoms with Gasteiger partial charge in [-0.05, 0) is 55.2 Å². The van der Waals surface area contributed by atoms with Crippen molar-refractivity contribution in [2.75, 3.05) is 6.54 Å². The topological polar surface area (TPSA) is 91.7 Å². The molecule has 1 aliphatic carbocycles. The van der Waals surface area contributed by atoms with Gasteiger partial charge in [0, 0.05) is 12.6 Å². The summed E-state index contributed by atoms with van der Waals surface area (Å²) < 4.78 is 18.6. The number of nitrogens with zero attached hydrogens (tertiary/aromatic N) is 1. The van der Waals surface area contributed by atoms with E-state index in [-0.39, 0.29) is 30.8 Å². The molecule has 0 unspecified atom stereocenters. The molecule has 0 radical (unpaired) electrons. The summed E-state index contributed by atoms with van der Waals surface area (Å²) in [5.41, 5.74) is 2.34. The second-order valence-corrected chi connectivity index (χ2v) is 9.11. The predicted octanol–water partition coefficient (Wildman–Crippen LogP) is 4.29. The largest absolute Gasteiger partial charge is 0.459 e. The molecule has 1 saturated carbocycles. The van der Waals surface area contributed by atoms with Crippen LogP contribution in [0.2, 0.25) is 0 Å². The van der Waals surface area contributed by atoms with Crippen LogP contribution in [-0.2, 0) is 16.1 Å². The van der Waals surface area contributed by atoms with E-state index in [0.29, 0.717) is 11.1 Å². The van der Waals surface area contributed by atoms with Crippen molar-refractivity contribution in [1.82, 2.24) is 15.5 Å². The van der Waals surface area contributed by atoms with Crippen molar-refractivity contribution in [2.24, 2.45) is 0 Å². The molecule has 3 aromatic rings. The normalized spacial score (nSPS) is 14.3. The molecule has 4 rings (SSSR count). The molecule has 8 heteroatoms. The molecule has 2 aromatic carbocycles. The van der Waals surface area contributed by atoms with Crippen molar-refractivity contribution < 1.29 is 23.2 Å². The fourth-order valence-electron chi connectivity index (χ4n) is 4.43. The molecule has 1 atom stereocenters. The third kappa shape index (κ3) is 6.38. The molecule has 1 aromatic heterocycles. The first-order chi connectivity index (χ1) is 17.4. The van der Waals surface area contributed by atoms with Crippen LogP contribution in [0.25, 0.3) is 0 Å². The molecule has 36 heavy (non-hydrogen) atoms. The molecule has 7 nitrogen and oxygen atoms in total. The summed E-state index contributed by atoms with van der Waals surface area (Å²) in [6.07, 6.45) is 5.28. The number of benzene rings is 2. The van der Waals surface area contributed by atoms with E-state index in [9.17, 15) is 18.8 Å². The lowest BCUT2D eigenvalue weighted by molar-refractivity contribution is -0.141. The number of amides is 3. The van der Waals surface area contributed by atoms with Gasteiger partial charge in [-0.2, -0.15) is 0 Å². The Morgan fingerprint density at radius 3 is 2.36 bits per heavy atom. The number of hydrogen-bond acceptors (Lipinski definition) is 4. The van der Waals surface area contributed by atoms with Crippen molar-refractivity contribution in [3.63, 3.8) is 0 Å². The minimum atomic E-state index is -0.927. The van der Waals surface area contributed by atoms with Gasteiger partial charge in [0.05, 0.1) is 12.8 Å². The van der Waals surface area contributed by atoms with E-state index in [0.717, 1.165) is 31.2 Å². The second kappa shape index (κ2) is 11.7. The predicted molar refractivity (Wildman–Crippen MR) is 132 cm³/mol. The lowest BCUT2D eigenvalue weighted by Gasteiger charge is -2.32. The Morgan fingerprint density at radius 2 is 1.72 bits per heavy atom. The minimum Gasteiger partial charge on any atom is -0.459 e. The Morgan fingerprint density at radius 1 is 1.03 bits per heavy atom. The van der Waals surface area contributed by atoms with E-state index in [4.69, 9.17) is 4.42 Å². The van der Waals surface area contributed by atoms with Gasteiger partial charge in [-0.15, -0.1) is 0 Å². The maximum absolute atomic E-state index is 13.6. The number of rotatable bonds is 9. The van der Waals surface area contributed by atoms with Gasteiger partial charge in [-0.1, -0.05) is 54.8 Å².